The highest BCUT2D eigenvalue weighted by Crippen LogP contribution is 2.43. The molecule has 0 atom stereocenters. The maximum absolute atomic E-state index is 10.9. The van der Waals surface area contributed by atoms with E-state index in [0.717, 1.165) is 5.56 Å². The van der Waals surface area contributed by atoms with Gasteiger partial charge in [0.1, 0.15) is 0 Å². The van der Waals surface area contributed by atoms with Crippen LogP contribution in [0.25, 0.3) is 0 Å². The molecule has 0 amide bonds. The van der Waals surface area contributed by atoms with Gasteiger partial charge in [-0.2, -0.15) is 0 Å². The molecule has 24 heavy (non-hydrogen) atoms. The van der Waals surface area contributed by atoms with Crippen molar-refractivity contribution < 1.29 is 9.90 Å². The molecule has 2 nitrogen and oxygen atoms in total. The van der Waals surface area contributed by atoms with Crippen LogP contribution in [0.4, 0.5) is 0 Å². The second kappa shape index (κ2) is 6.75. The Labute approximate surface area is 147 Å². The van der Waals surface area contributed by atoms with Crippen LogP contribution in [0.3, 0.4) is 0 Å². The molecule has 0 saturated heterocycles. The van der Waals surface area contributed by atoms with Crippen molar-refractivity contribution in [1.29, 1.82) is 0 Å². The smallest absolute Gasteiger partial charge is 0.335 e. The number of thioether (sulfide) groups is 1. The second-order valence-electron chi connectivity index (χ2n) is 6.63. The first-order chi connectivity index (χ1) is 11.5. The molecule has 0 spiro atoms. The Morgan fingerprint density at radius 3 is 2.67 bits per heavy atom. The standard InChI is InChI=1S/C21H20O2S/c1-21(2)13-14-24-18-8-4-7-16(19(18)21)6-3-5-15-9-11-17(12-10-15)20(22)23/h4,7-12H,6,13-14H2,1-2H3,(H,22,23). The molecule has 0 bridgehead atoms. The maximum atomic E-state index is 10.9. The van der Waals surface area contributed by atoms with Crippen LogP contribution in [0, 0.1) is 11.8 Å². The van der Waals surface area contributed by atoms with Crippen LogP contribution in [0.5, 0.6) is 0 Å². The quantitative estimate of drug-likeness (QED) is 0.804. The normalized spacial score (nSPS) is 15.1. The highest BCUT2D eigenvalue weighted by atomic mass is 32.2. The molecule has 2 aromatic carbocycles. The highest BCUT2D eigenvalue weighted by molar-refractivity contribution is 7.99. The highest BCUT2D eigenvalue weighted by Gasteiger charge is 2.29. The van der Waals surface area contributed by atoms with Gasteiger partial charge in [0.2, 0.25) is 0 Å². The summed E-state index contributed by atoms with van der Waals surface area (Å²) in [6, 6.07) is 13.2. The number of hydrogen-bond donors (Lipinski definition) is 1. The van der Waals surface area contributed by atoms with Crippen LogP contribution in [0.15, 0.2) is 47.4 Å². The summed E-state index contributed by atoms with van der Waals surface area (Å²) >= 11 is 1.94. The van der Waals surface area contributed by atoms with Crippen LogP contribution < -0.4 is 0 Å². The molecule has 2 aromatic rings. The van der Waals surface area contributed by atoms with Crippen molar-refractivity contribution in [3.05, 3.63) is 64.7 Å². The Hall–Kier alpha value is -2.18. The second-order valence-corrected chi connectivity index (χ2v) is 7.77. The summed E-state index contributed by atoms with van der Waals surface area (Å²) in [5.41, 5.74) is 4.08. The maximum Gasteiger partial charge on any atom is 0.335 e. The molecule has 0 saturated carbocycles. The number of carboxylic acids is 1. The molecule has 0 unspecified atom stereocenters. The molecule has 122 valence electrons. The minimum absolute atomic E-state index is 0.196. The summed E-state index contributed by atoms with van der Waals surface area (Å²) in [6.45, 7) is 4.63. The molecule has 1 aliphatic rings. The van der Waals surface area contributed by atoms with Crippen LogP contribution in [0.1, 0.15) is 47.3 Å². The molecule has 1 heterocycles. The van der Waals surface area contributed by atoms with Crippen LogP contribution in [-0.2, 0) is 11.8 Å². The first kappa shape index (κ1) is 16.7. The van der Waals surface area contributed by atoms with Crippen molar-refractivity contribution in [3.63, 3.8) is 0 Å². The number of rotatable bonds is 2. The molecule has 0 aromatic heterocycles. The number of hydrogen-bond acceptors (Lipinski definition) is 2. The van der Waals surface area contributed by atoms with Gasteiger partial charge in [0.05, 0.1) is 5.56 Å². The molecular formula is C21H20O2S. The van der Waals surface area contributed by atoms with Crippen molar-refractivity contribution in [2.24, 2.45) is 0 Å². The van der Waals surface area contributed by atoms with E-state index < -0.39 is 5.97 Å². The Balaban J connectivity index is 1.83. The summed E-state index contributed by atoms with van der Waals surface area (Å²) in [6.07, 6.45) is 1.90. The average molecular weight is 336 g/mol. The number of aromatic carboxylic acids is 1. The number of carbonyl (C=O) groups is 1. The van der Waals surface area contributed by atoms with Gasteiger partial charge in [0.15, 0.2) is 0 Å². The molecule has 0 radical (unpaired) electrons. The Morgan fingerprint density at radius 2 is 1.96 bits per heavy atom. The van der Waals surface area contributed by atoms with Crippen molar-refractivity contribution in [2.45, 2.75) is 37.0 Å². The van der Waals surface area contributed by atoms with Crippen molar-refractivity contribution in [2.75, 3.05) is 5.75 Å². The monoisotopic (exact) mass is 336 g/mol. The minimum atomic E-state index is -0.912. The lowest BCUT2D eigenvalue weighted by molar-refractivity contribution is 0.0697. The van der Waals surface area contributed by atoms with Gasteiger partial charge < -0.3 is 5.11 Å². The van der Waals surface area contributed by atoms with E-state index in [2.05, 4.69) is 43.9 Å². The Morgan fingerprint density at radius 1 is 1.21 bits per heavy atom. The van der Waals surface area contributed by atoms with Gasteiger partial charge >= 0.3 is 5.97 Å². The molecule has 3 rings (SSSR count). The lowest BCUT2D eigenvalue weighted by atomic mass is 9.78. The SMILES string of the molecule is CC1(C)CCSc2cccc(CC#Cc3ccc(C(=O)O)cc3)c21. The Kier molecular flexibility index (Phi) is 4.69. The van der Waals surface area contributed by atoms with E-state index in [-0.39, 0.29) is 11.0 Å². The summed E-state index contributed by atoms with van der Waals surface area (Å²) in [7, 11) is 0. The fourth-order valence-corrected chi connectivity index (χ4v) is 4.65. The van der Waals surface area contributed by atoms with Crippen molar-refractivity contribution >= 4 is 17.7 Å². The first-order valence-electron chi connectivity index (χ1n) is 8.05. The van der Waals surface area contributed by atoms with E-state index >= 15 is 0 Å². The summed E-state index contributed by atoms with van der Waals surface area (Å²) in [5, 5.41) is 8.92. The topological polar surface area (TPSA) is 37.3 Å². The number of fused-ring (bicyclic) bond motifs is 1. The van der Waals surface area contributed by atoms with Gasteiger partial charge in [-0.25, -0.2) is 4.79 Å². The molecule has 0 aliphatic carbocycles. The average Bonchev–Trinajstić information content (AvgIpc) is 2.55. The van der Waals surface area contributed by atoms with E-state index in [9.17, 15) is 4.79 Å². The number of carboxylic acid groups (broad SMARTS) is 1. The predicted octanol–water partition coefficient (Wildman–Crippen LogP) is 4.75. The van der Waals surface area contributed by atoms with E-state index in [1.54, 1.807) is 24.3 Å². The van der Waals surface area contributed by atoms with Crippen molar-refractivity contribution in [1.82, 2.24) is 0 Å². The third-order valence-electron chi connectivity index (χ3n) is 4.42. The molecular weight excluding hydrogens is 316 g/mol. The van der Waals surface area contributed by atoms with Gasteiger partial charge in [-0.15, -0.1) is 11.8 Å². The lowest BCUT2D eigenvalue weighted by Crippen LogP contribution is -2.24. The van der Waals surface area contributed by atoms with E-state index in [1.165, 1.54) is 28.2 Å². The van der Waals surface area contributed by atoms with E-state index in [1.807, 2.05) is 11.8 Å². The Bertz CT molecular complexity index is 823. The number of benzene rings is 2. The molecule has 3 heteroatoms. The lowest BCUT2D eigenvalue weighted by Gasteiger charge is -2.33. The zero-order valence-corrected chi connectivity index (χ0v) is 14.7. The first-order valence-corrected chi connectivity index (χ1v) is 9.03. The van der Waals surface area contributed by atoms with Gasteiger partial charge in [0.25, 0.3) is 0 Å². The zero-order chi connectivity index (χ0) is 17.2. The van der Waals surface area contributed by atoms with Crippen LogP contribution in [-0.4, -0.2) is 16.8 Å². The minimum Gasteiger partial charge on any atom is -0.478 e. The van der Waals surface area contributed by atoms with E-state index in [0.29, 0.717) is 6.42 Å². The largest absolute Gasteiger partial charge is 0.478 e. The summed E-state index contributed by atoms with van der Waals surface area (Å²) in [4.78, 5) is 12.3. The van der Waals surface area contributed by atoms with Crippen molar-refractivity contribution in [3.8, 4) is 11.8 Å². The summed E-state index contributed by atoms with van der Waals surface area (Å²) < 4.78 is 0. The molecule has 1 aliphatic heterocycles. The van der Waals surface area contributed by atoms with E-state index in [4.69, 9.17) is 5.11 Å². The van der Waals surface area contributed by atoms with Crippen LogP contribution in [0.2, 0.25) is 0 Å². The molecule has 0 fully saturated rings. The molecule has 1 N–H and O–H groups in total. The zero-order valence-electron chi connectivity index (χ0n) is 13.9. The van der Waals surface area contributed by atoms with Crippen LogP contribution >= 0.6 is 11.8 Å². The predicted molar refractivity (Wildman–Crippen MR) is 98.8 cm³/mol. The van der Waals surface area contributed by atoms with Gasteiger partial charge in [0, 0.05) is 16.9 Å². The van der Waals surface area contributed by atoms with Gasteiger partial charge in [-0.1, -0.05) is 37.8 Å². The summed E-state index contributed by atoms with van der Waals surface area (Å²) in [5.74, 6) is 6.65. The fourth-order valence-electron chi connectivity index (χ4n) is 3.09. The fraction of sp³-hybridized carbons (Fsp3) is 0.286. The third-order valence-corrected chi connectivity index (χ3v) is 5.48. The third kappa shape index (κ3) is 3.49. The van der Waals surface area contributed by atoms with Gasteiger partial charge in [-0.05, 0) is 59.0 Å². The van der Waals surface area contributed by atoms with Gasteiger partial charge in [-0.3, -0.25) is 0 Å².